The Morgan fingerprint density at radius 1 is 1.26 bits per heavy atom. The van der Waals surface area contributed by atoms with Gasteiger partial charge in [0.05, 0.1) is 11.7 Å². The van der Waals surface area contributed by atoms with Gasteiger partial charge in [-0.3, -0.25) is 4.98 Å². The van der Waals surface area contributed by atoms with Gasteiger partial charge in [0.25, 0.3) is 0 Å². The van der Waals surface area contributed by atoms with Gasteiger partial charge in [0, 0.05) is 6.20 Å². The third-order valence-electron chi connectivity index (χ3n) is 4.06. The maximum atomic E-state index is 4.53. The summed E-state index contributed by atoms with van der Waals surface area (Å²) >= 11 is 0. The van der Waals surface area contributed by atoms with E-state index in [1.54, 1.807) is 0 Å². The Morgan fingerprint density at radius 2 is 2.11 bits per heavy atom. The molecule has 0 aliphatic heterocycles. The monoisotopic (exact) mass is 260 g/mol. The quantitative estimate of drug-likeness (QED) is 0.706. The largest absolute Gasteiger partial charge is 0.309 e. The molecule has 19 heavy (non-hydrogen) atoms. The minimum absolute atomic E-state index is 0.506. The number of nitrogens with zero attached hydrogens (tertiary/aromatic N) is 1. The second-order valence-corrected chi connectivity index (χ2v) is 6.19. The topological polar surface area (TPSA) is 24.9 Å². The number of rotatable bonds is 8. The summed E-state index contributed by atoms with van der Waals surface area (Å²) in [6.07, 6.45) is 11.2. The van der Waals surface area contributed by atoms with Crippen molar-refractivity contribution in [3.05, 3.63) is 29.6 Å². The Morgan fingerprint density at radius 3 is 2.95 bits per heavy atom. The molecule has 0 bridgehead atoms. The molecule has 2 nitrogen and oxygen atoms in total. The number of hydrogen-bond acceptors (Lipinski definition) is 2. The fourth-order valence-electron chi connectivity index (χ4n) is 2.92. The highest BCUT2D eigenvalue weighted by Crippen LogP contribution is 2.28. The molecule has 0 radical (unpaired) electrons. The first-order valence-electron chi connectivity index (χ1n) is 7.94. The van der Waals surface area contributed by atoms with Crippen molar-refractivity contribution in [1.82, 2.24) is 10.3 Å². The van der Waals surface area contributed by atoms with Crippen molar-refractivity contribution in [3.8, 4) is 0 Å². The predicted molar refractivity (Wildman–Crippen MR) is 81.2 cm³/mol. The van der Waals surface area contributed by atoms with Gasteiger partial charge in [-0.15, -0.1) is 0 Å². The first-order chi connectivity index (χ1) is 9.27. The van der Waals surface area contributed by atoms with Crippen LogP contribution in [0.4, 0.5) is 0 Å². The Kier molecular flexibility index (Phi) is 5.84. The number of nitrogens with one attached hydrogen (secondary N) is 1. The summed E-state index contributed by atoms with van der Waals surface area (Å²) in [6.45, 7) is 5.76. The molecule has 1 unspecified atom stereocenters. The number of aryl methyl sites for hydroxylation is 1. The van der Waals surface area contributed by atoms with Crippen LogP contribution in [0.5, 0.6) is 0 Å². The molecule has 1 heterocycles. The van der Waals surface area contributed by atoms with Crippen LogP contribution in [0.2, 0.25) is 0 Å². The summed E-state index contributed by atoms with van der Waals surface area (Å²) in [7, 11) is 0. The first-order valence-corrected chi connectivity index (χ1v) is 7.94. The van der Waals surface area contributed by atoms with Crippen molar-refractivity contribution in [2.45, 2.75) is 64.8 Å². The van der Waals surface area contributed by atoms with Crippen LogP contribution in [-0.2, 0) is 6.42 Å². The number of fused-ring (bicyclic) bond motifs is 1. The highest BCUT2D eigenvalue weighted by atomic mass is 14.9. The lowest BCUT2D eigenvalue weighted by molar-refractivity contribution is 0.481. The zero-order valence-corrected chi connectivity index (χ0v) is 12.5. The lowest BCUT2D eigenvalue weighted by Gasteiger charge is -2.13. The van der Waals surface area contributed by atoms with E-state index in [9.17, 15) is 0 Å². The van der Waals surface area contributed by atoms with Crippen molar-refractivity contribution in [2.75, 3.05) is 6.54 Å². The van der Waals surface area contributed by atoms with Gasteiger partial charge in [0.2, 0.25) is 0 Å². The van der Waals surface area contributed by atoms with Crippen LogP contribution < -0.4 is 5.32 Å². The van der Waals surface area contributed by atoms with E-state index >= 15 is 0 Å². The van der Waals surface area contributed by atoms with Gasteiger partial charge in [0.15, 0.2) is 0 Å². The predicted octanol–water partition coefficient (Wildman–Crippen LogP) is 4.27. The second kappa shape index (κ2) is 7.64. The van der Waals surface area contributed by atoms with Crippen molar-refractivity contribution >= 4 is 0 Å². The van der Waals surface area contributed by atoms with Gasteiger partial charge in [0.1, 0.15) is 0 Å². The molecule has 2 rings (SSSR count). The molecule has 0 saturated heterocycles. The van der Waals surface area contributed by atoms with Crippen molar-refractivity contribution < 1.29 is 0 Å². The maximum absolute atomic E-state index is 4.53. The lowest BCUT2D eigenvalue weighted by Crippen LogP contribution is -2.21. The molecule has 1 atom stereocenters. The minimum Gasteiger partial charge on any atom is -0.309 e. The van der Waals surface area contributed by atoms with Crippen molar-refractivity contribution in [1.29, 1.82) is 0 Å². The normalized spacial score (nSPS) is 17.9. The van der Waals surface area contributed by atoms with E-state index in [4.69, 9.17) is 0 Å². The van der Waals surface area contributed by atoms with Crippen LogP contribution in [0, 0.1) is 5.92 Å². The highest BCUT2D eigenvalue weighted by Gasteiger charge is 2.22. The smallest absolute Gasteiger partial charge is 0.0605 e. The number of pyridine rings is 1. The average molecular weight is 260 g/mol. The number of aromatic nitrogens is 1. The molecular weight excluding hydrogens is 232 g/mol. The van der Waals surface area contributed by atoms with Crippen molar-refractivity contribution in [3.63, 3.8) is 0 Å². The van der Waals surface area contributed by atoms with Crippen LogP contribution in [0.15, 0.2) is 18.3 Å². The van der Waals surface area contributed by atoms with Crippen LogP contribution in [-0.4, -0.2) is 11.5 Å². The summed E-state index contributed by atoms with van der Waals surface area (Å²) in [4.78, 5) is 4.53. The molecule has 0 saturated carbocycles. The summed E-state index contributed by atoms with van der Waals surface area (Å²) in [5, 5.41) is 3.67. The SMILES string of the molecule is CC(C)CCCCCCNC1CCc2cccnc21. The fraction of sp³-hybridized carbons (Fsp3) is 0.706. The number of unbranched alkanes of at least 4 members (excludes halogenated alkanes) is 3. The molecular formula is C17H28N2. The van der Waals surface area contributed by atoms with Gasteiger partial charge >= 0.3 is 0 Å². The van der Waals surface area contributed by atoms with Crippen LogP contribution in [0.3, 0.4) is 0 Å². The molecule has 1 N–H and O–H groups in total. The van der Waals surface area contributed by atoms with Gasteiger partial charge in [-0.25, -0.2) is 0 Å². The first kappa shape index (κ1) is 14.5. The van der Waals surface area contributed by atoms with Gasteiger partial charge in [-0.1, -0.05) is 45.6 Å². The van der Waals surface area contributed by atoms with Gasteiger partial charge < -0.3 is 5.32 Å². The lowest BCUT2D eigenvalue weighted by atomic mass is 10.0. The highest BCUT2D eigenvalue weighted by molar-refractivity contribution is 5.27. The third-order valence-corrected chi connectivity index (χ3v) is 4.06. The molecule has 2 heteroatoms. The van der Waals surface area contributed by atoms with E-state index in [-0.39, 0.29) is 0 Å². The standard InChI is InChI=1S/C17H28N2/c1-14(2)8-5-3-4-6-12-18-16-11-10-15-9-7-13-19-17(15)16/h7,9,13-14,16,18H,3-6,8,10-12H2,1-2H3. The van der Waals surface area contributed by atoms with E-state index in [1.807, 2.05) is 6.20 Å². The summed E-state index contributed by atoms with van der Waals surface area (Å²) in [5.41, 5.74) is 2.74. The average Bonchev–Trinajstić information content (AvgIpc) is 2.81. The Bertz CT molecular complexity index is 373. The van der Waals surface area contributed by atoms with Gasteiger partial charge in [-0.05, 0) is 43.4 Å². The van der Waals surface area contributed by atoms with E-state index in [2.05, 4.69) is 36.3 Å². The van der Waals surface area contributed by atoms with E-state index in [0.717, 1.165) is 12.5 Å². The van der Waals surface area contributed by atoms with Crippen LogP contribution >= 0.6 is 0 Å². The molecule has 106 valence electrons. The third kappa shape index (κ3) is 4.61. The Labute approximate surface area is 118 Å². The van der Waals surface area contributed by atoms with Crippen molar-refractivity contribution in [2.24, 2.45) is 5.92 Å². The Balaban J connectivity index is 1.57. The minimum atomic E-state index is 0.506. The Hall–Kier alpha value is -0.890. The molecule has 1 aromatic heterocycles. The maximum Gasteiger partial charge on any atom is 0.0605 e. The molecule has 0 aromatic carbocycles. The zero-order valence-electron chi connectivity index (χ0n) is 12.5. The summed E-state index contributed by atoms with van der Waals surface area (Å²) < 4.78 is 0. The zero-order chi connectivity index (χ0) is 13.5. The van der Waals surface area contributed by atoms with Gasteiger partial charge in [-0.2, -0.15) is 0 Å². The molecule has 1 aliphatic rings. The fourth-order valence-corrected chi connectivity index (χ4v) is 2.92. The summed E-state index contributed by atoms with van der Waals surface area (Å²) in [5.74, 6) is 0.860. The summed E-state index contributed by atoms with van der Waals surface area (Å²) in [6, 6.07) is 4.78. The molecule has 1 aromatic rings. The van der Waals surface area contributed by atoms with Crippen LogP contribution in [0.25, 0.3) is 0 Å². The van der Waals surface area contributed by atoms with E-state index < -0.39 is 0 Å². The second-order valence-electron chi connectivity index (χ2n) is 6.19. The van der Waals surface area contributed by atoms with E-state index in [1.165, 1.54) is 56.2 Å². The molecule has 1 aliphatic carbocycles. The molecule has 0 spiro atoms. The van der Waals surface area contributed by atoms with E-state index in [0.29, 0.717) is 6.04 Å². The molecule has 0 fully saturated rings. The van der Waals surface area contributed by atoms with Crippen LogP contribution in [0.1, 0.15) is 69.7 Å². The number of hydrogen-bond donors (Lipinski definition) is 1. The molecule has 0 amide bonds.